The molecule has 1 N–H and O–H groups in total. The van der Waals surface area contributed by atoms with E-state index in [2.05, 4.69) is 6.92 Å². The van der Waals surface area contributed by atoms with E-state index in [-0.39, 0.29) is 6.61 Å². The Kier molecular flexibility index (Phi) is 11.1. The Morgan fingerprint density at radius 3 is 2.25 bits per heavy atom. The second-order valence-corrected chi connectivity index (χ2v) is 7.60. The number of aryl methyl sites for hydroxylation is 1. The van der Waals surface area contributed by atoms with Gasteiger partial charge < -0.3 is 4.52 Å². The van der Waals surface area contributed by atoms with Crippen LogP contribution < -0.4 is 4.52 Å². The minimum atomic E-state index is -4.03. The van der Waals surface area contributed by atoms with Crippen molar-refractivity contribution in [3.8, 4) is 5.75 Å². The van der Waals surface area contributed by atoms with E-state index in [1.54, 1.807) is 6.07 Å². The maximum Gasteiger partial charge on any atom is 0.527 e. The molecule has 0 aliphatic carbocycles. The highest BCUT2D eigenvalue weighted by Crippen LogP contribution is 2.45. The monoisotopic (exact) mass is 356 g/mol. The lowest BCUT2D eigenvalue weighted by Gasteiger charge is -2.15. The maximum absolute atomic E-state index is 12.0. The van der Waals surface area contributed by atoms with Crippen molar-refractivity contribution >= 4 is 7.82 Å². The zero-order valence-corrected chi connectivity index (χ0v) is 16.1. The summed E-state index contributed by atoms with van der Waals surface area (Å²) in [6.07, 6.45) is 11.2. The third-order valence-electron chi connectivity index (χ3n) is 3.99. The molecule has 0 spiro atoms. The van der Waals surface area contributed by atoms with Crippen LogP contribution in [0.1, 0.15) is 77.2 Å². The van der Waals surface area contributed by atoms with Crippen LogP contribution in [0, 0.1) is 0 Å². The van der Waals surface area contributed by atoms with Gasteiger partial charge in [0.2, 0.25) is 0 Å². The first-order chi connectivity index (χ1) is 11.6. The Balaban J connectivity index is 2.42. The maximum atomic E-state index is 12.0. The Morgan fingerprint density at radius 2 is 1.54 bits per heavy atom. The number of phosphoric ester groups is 1. The fourth-order valence-corrected chi connectivity index (χ4v) is 3.39. The van der Waals surface area contributed by atoms with Gasteiger partial charge in [0, 0.05) is 0 Å². The summed E-state index contributed by atoms with van der Waals surface area (Å²) in [4.78, 5) is 9.82. The molecule has 24 heavy (non-hydrogen) atoms. The fraction of sp³-hybridized carbons (Fsp3) is 0.684. The third kappa shape index (κ3) is 9.46. The van der Waals surface area contributed by atoms with Gasteiger partial charge in [0.05, 0.1) is 6.61 Å². The van der Waals surface area contributed by atoms with Crippen LogP contribution in [0.5, 0.6) is 5.75 Å². The molecule has 138 valence electrons. The summed E-state index contributed by atoms with van der Waals surface area (Å²) in [5.74, 6) is 0.464. The average Bonchev–Trinajstić information content (AvgIpc) is 2.55. The van der Waals surface area contributed by atoms with Crippen molar-refractivity contribution in [2.24, 2.45) is 0 Å². The number of rotatable bonds is 14. The normalized spacial score (nSPS) is 13.6. The van der Waals surface area contributed by atoms with Gasteiger partial charge in [-0.15, -0.1) is 0 Å². The minimum Gasteiger partial charge on any atom is -0.404 e. The molecule has 1 aromatic rings. The topological polar surface area (TPSA) is 55.8 Å². The van der Waals surface area contributed by atoms with Gasteiger partial charge in [-0.05, 0) is 30.9 Å². The molecule has 0 saturated heterocycles. The summed E-state index contributed by atoms with van der Waals surface area (Å²) in [6.45, 7) is 4.47. The molecule has 0 radical (unpaired) electrons. The third-order valence-corrected chi connectivity index (χ3v) is 4.92. The summed E-state index contributed by atoms with van der Waals surface area (Å²) in [5, 5.41) is 0. The van der Waals surface area contributed by atoms with Crippen LogP contribution in [-0.4, -0.2) is 11.5 Å². The number of hydrogen-bond donors (Lipinski definition) is 1. The van der Waals surface area contributed by atoms with Crippen molar-refractivity contribution in [3.63, 3.8) is 0 Å². The highest BCUT2D eigenvalue weighted by Gasteiger charge is 2.23. The van der Waals surface area contributed by atoms with Gasteiger partial charge in [-0.25, -0.2) is 4.57 Å². The van der Waals surface area contributed by atoms with Crippen LogP contribution in [0.2, 0.25) is 0 Å². The number of benzene rings is 1. The molecule has 1 unspecified atom stereocenters. The smallest absolute Gasteiger partial charge is 0.404 e. The van der Waals surface area contributed by atoms with Crippen LogP contribution in [-0.2, 0) is 15.5 Å². The van der Waals surface area contributed by atoms with E-state index >= 15 is 0 Å². The number of phosphoric acid groups is 1. The second-order valence-electron chi connectivity index (χ2n) is 6.23. The fourth-order valence-electron chi connectivity index (χ4n) is 2.55. The van der Waals surface area contributed by atoms with E-state index < -0.39 is 7.82 Å². The van der Waals surface area contributed by atoms with E-state index in [4.69, 9.17) is 9.05 Å². The quantitative estimate of drug-likeness (QED) is 0.315. The van der Waals surface area contributed by atoms with Gasteiger partial charge in [0.1, 0.15) is 5.75 Å². The van der Waals surface area contributed by atoms with Gasteiger partial charge in [-0.3, -0.25) is 9.42 Å². The molecular formula is C19H33O4P. The summed E-state index contributed by atoms with van der Waals surface area (Å²) in [7, 11) is -4.03. The van der Waals surface area contributed by atoms with Crippen molar-refractivity contribution in [1.29, 1.82) is 0 Å². The number of para-hydroxylation sites is 1. The Labute approximate surface area is 147 Å². The Morgan fingerprint density at radius 1 is 0.917 bits per heavy atom. The highest BCUT2D eigenvalue weighted by molar-refractivity contribution is 7.47. The standard InChI is InChI=1S/C19H33O4P/c1-3-5-7-8-9-10-11-14-18-15-12-13-16-19(18)23-24(20,21)22-17-6-4-2/h12-13,15-16H,3-11,14,17H2,1-2H3,(H,20,21). The molecule has 5 heteroatoms. The summed E-state index contributed by atoms with van der Waals surface area (Å²) >= 11 is 0. The molecular weight excluding hydrogens is 323 g/mol. The van der Waals surface area contributed by atoms with Crippen LogP contribution in [0.15, 0.2) is 24.3 Å². The van der Waals surface area contributed by atoms with E-state index in [0.29, 0.717) is 5.75 Å². The zero-order valence-electron chi connectivity index (χ0n) is 15.2. The molecule has 0 saturated carbocycles. The molecule has 0 amide bonds. The van der Waals surface area contributed by atoms with E-state index in [1.165, 1.54) is 38.5 Å². The summed E-state index contributed by atoms with van der Waals surface area (Å²) in [5.41, 5.74) is 0.972. The lowest BCUT2D eigenvalue weighted by atomic mass is 10.0. The molecule has 0 aliphatic heterocycles. The molecule has 4 nitrogen and oxygen atoms in total. The van der Waals surface area contributed by atoms with Crippen LogP contribution in [0.3, 0.4) is 0 Å². The van der Waals surface area contributed by atoms with Gasteiger partial charge >= 0.3 is 7.82 Å². The lowest BCUT2D eigenvalue weighted by molar-refractivity contribution is 0.200. The summed E-state index contributed by atoms with van der Waals surface area (Å²) < 4.78 is 22.3. The van der Waals surface area contributed by atoms with Crippen LogP contribution >= 0.6 is 7.82 Å². The number of hydrogen-bond acceptors (Lipinski definition) is 3. The van der Waals surface area contributed by atoms with Crippen molar-refractivity contribution < 1.29 is 18.5 Å². The van der Waals surface area contributed by atoms with Crippen molar-refractivity contribution in [3.05, 3.63) is 29.8 Å². The second kappa shape index (κ2) is 12.5. The zero-order chi connectivity index (χ0) is 17.7. The van der Waals surface area contributed by atoms with Crippen molar-refractivity contribution in [1.82, 2.24) is 0 Å². The highest BCUT2D eigenvalue weighted by atomic mass is 31.2. The largest absolute Gasteiger partial charge is 0.527 e. The van der Waals surface area contributed by atoms with Gasteiger partial charge in [-0.1, -0.05) is 77.0 Å². The van der Waals surface area contributed by atoms with Crippen molar-refractivity contribution in [2.45, 2.75) is 78.1 Å². The minimum absolute atomic E-state index is 0.240. The first kappa shape index (κ1) is 21.2. The molecule has 0 aliphatic rings. The predicted molar refractivity (Wildman–Crippen MR) is 99.5 cm³/mol. The molecule has 1 rings (SSSR count). The predicted octanol–water partition coefficient (Wildman–Crippen LogP) is 6.28. The SMILES string of the molecule is CCCCCCCCCc1ccccc1OP(=O)(O)OCCCC. The van der Waals surface area contributed by atoms with Crippen LogP contribution in [0.25, 0.3) is 0 Å². The molecule has 0 bridgehead atoms. The molecule has 0 fully saturated rings. The van der Waals surface area contributed by atoms with Crippen LogP contribution in [0.4, 0.5) is 0 Å². The summed E-state index contributed by atoms with van der Waals surface area (Å²) in [6, 6.07) is 7.44. The molecule has 1 atom stereocenters. The molecule has 0 aromatic heterocycles. The van der Waals surface area contributed by atoms with Gasteiger partial charge in [0.15, 0.2) is 0 Å². The average molecular weight is 356 g/mol. The molecule has 1 aromatic carbocycles. The first-order valence-corrected chi connectivity index (χ1v) is 10.8. The number of unbranched alkanes of at least 4 members (excludes halogenated alkanes) is 7. The van der Waals surface area contributed by atoms with Gasteiger partial charge in [0.25, 0.3) is 0 Å². The van der Waals surface area contributed by atoms with E-state index in [9.17, 15) is 9.46 Å². The van der Waals surface area contributed by atoms with Crippen molar-refractivity contribution in [2.75, 3.05) is 6.61 Å². The molecule has 0 heterocycles. The lowest BCUT2D eigenvalue weighted by Crippen LogP contribution is -2.01. The van der Waals surface area contributed by atoms with E-state index in [0.717, 1.165) is 31.2 Å². The first-order valence-electron chi connectivity index (χ1n) is 9.34. The van der Waals surface area contributed by atoms with Gasteiger partial charge in [-0.2, -0.15) is 0 Å². The Hall–Kier alpha value is -0.830. The Bertz CT molecular complexity index is 490. The van der Waals surface area contributed by atoms with E-state index in [1.807, 2.05) is 25.1 Å².